The molecule has 3 nitrogen and oxygen atoms in total. The van der Waals surface area contributed by atoms with Crippen molar-refractivity contribution in [2.24, 2.45) is 0 Å². The first-order valence-corrected chi connectivity index (χ1v) is 3.52. The van der Waals surface area contributed by atoms with Crippen LogP contribution in [0.1, 0.15) is 19.3 Å². The Morgan fingerprint density at radius 3 is 2.90 bits per heavy atom. The predicted molar refractivity (Wildman–Crippen MR) is 36.9 cm³/mol. The standard InChI is InChI=1S/C7H12NO2/c1-2-6(9)8-5-3-4-7(8)10/h6,9H,1-5H2. The summed E-state index contributed by atoms with van der Waals surface area (Å²) in [6.07, 6.45) is 1.17. The van der Waals surface area contributed by atoms with Crippen LogP contribution in [0.5, 0.6) is 0 Å². The van der Waals surface area contributed by atoms with Gasteiger partial charge in [-0.25, -0.2) is 0 Å². The summed E-state index contributed by atoms with van der Waals surface area (Å²) < 4.78 is 0. The largest absolute Gasteiger partial charge is 0.374 e. The van der Waals surface area contributed by atoms with Gasteiger partial charge in [0.25, 0.3) is 0 Å². The van der Waals surface area contributed by atoms with Crippen molar-refractivity contribution in [3.63, 3.8) is 0 Å². The average Bonchev–Trinajstić information content (AvgIpc) is 2.34. The van der Waals surface area contributed by atoms with Gasteiger partial charge in [0.2, 0.25) is 5.91 Å². The van der Waals surface area contributed by atoms with Crippen molar-refractivity contribution in [2.75, 3.05) is 6.54 Å². The molecule has 1 heterocycles. The molecule has 10 heavy (non-hydrogen) atoms. The van der Waals surface area contributed by atoms with Gasteiger partial charge < -0.3 is 10.0 Å². The second-order valence-corrected chi connectivity index (χ2v) is 2.46. The van der Waals surface area contributed by atoms with E-state index in [4.69, 9.17) is 0 Å². The first-order chi connectivity index (χ1) is 4.75. The van der Waals surface area contributed by atoms with Crippen molar-refractivity contribution >= 4 is 5.91 Å². The fourth-order valence-corrected chi connectivity index (χ4v) is 1.14. The van der Waals surface area contributed by atoms with E-state index in [0.717, 1.165) is 6.42 Å². The van der Waals surface area contributed by atoms with E-state index in [1.165, 1.54) is 4.90 Å². The maximum absolute atomic E-state index is 10.9. The highest BCUT2D eigenvalue weighted by atomic mass is 16.3. The van der Waals surface area contributed by atoms with Gasteiger partial charge in [0.15, 0.2) is 0 Å². The molecule has 0 aliphatic carbocycles. The molecule has 1 aliphatic heterocycles. The molecule has 1 aliphatic rings. The van der Waals surface area contributed by atoms with Crippen LogP contribution in [0.2, 0.25) is 0 Å². The molecule has 1 unspecified atom stereocenters. The Bertz CT molecular complexity index is 136. The molecule has 0 aromatic heterocycles. The number of nitrogens with zero attached hydrogens (tertiary/aromatic N) is 1. The number of amides is 1. The van der Waals surface area contributed by atoms with Crippen LogP contribution in [0.3, 0.4) is 0 Å². The van der Waals surface area contributed by atoms with Crippen LogP contribution < -0.4 is 0 Å². The van der Waals surface area contributed by atoms with Crippen LogP contribution in [0.25, 0.3) is 0 Å². The van der Waals surface area contributed by atoms with Gasteiger partial charge in [0.05, 0.1) is 0 Å². The summed E-state index contributed by atoms with van der Waals surface area (Å²) in [5.74, 6) is 0.0520. The lowest BCUT2D eigenvalue weighted by atomic mass is 10.4. The van der Waals surface area contributed by atoms with Gasteiger partial charge in [-0.05, 0) is 19.8 Å². The van der Waals surface area contributed by atoms with E-state index in [0.29, 0.717) is 19.4 Å². The molecule has 3 heteroatoms. The number of likely N-dealkylation sites (tertiary alicyclic amines) is 1. The molecule has 1 atom stereocenters. The molecule has 1 rings (SSSR count). The van der Waals surface area contributed by atoms with Crippen LogP contribution in [-0.2, 0) is 4.79 Å². The molecule has 0 saturated carbocycles. The third kappa shape index (κ3) is 1.29. The van der Waals surface area contributed by atoms with Gasteiger partial charge >= 0.3 is 0 Å². The molecule has 0 aromatic carbocycles. The summed E-state index contributed by atoms with van der Waals surface area (Å²) in [6.45, 7) is 4.21. The zero-order valence-electron chi connectivity index (χ0n) is 5.92. The summed E-state index contributed by atoms with van der Waals surface area (Å²) >= 11 is 0. The summed E-state index contributed by atoms with van der Waals surface area (Å²) in [6, 6.07) is 0. The maximum Gasteiger partial charge on any atom is 0.224 e. The zero-order chi connectivity index (χ0) is 7.56. The second kappa shape index (κ2) is 3.01. The van der Waals surface area contributed by atoms with E-state index < -0.39 is 6.23 Å². The Kier molecular flexibility index (Phi) is 2.27. The summed E-state index contributed by atoms with van der Waals surface area (Å²) in [5, 5.41) is 9.17. The number of hydrogen-bond donors (Lipinski definition) is 1. The van der Waals surface area contributed by atoms with Crippen LogP contribution in [0.15, 0.2) is 0 Å². The number of carbonyl (C=O) groups excluding carboxylic acids is 1. The van der Waals surface area contributed by atoms with Gasteiger partial charge in [0.1, 0.15) is 6.23 Å². The van der Waals surface area contributed by atoms with Crippen molar-refractivity contribution < 1.29 is 9.90 Å². The van der Waals surface area contributed by atoms with Crippen molar-refractivity contribution in [3.05, 3.63) is 6.92 Å². The van der Waals surface area contributed by atoms with E-state index in [1.54, 1.807) is 0 Å². The Hall–Kier alpha value is -0.570. The predicted octanol–water partition coefficient (Wildman–Crippen LogP) is 0.151. The van der Waals surface area contributed by atoms with Gasteiger partial charge in [-0.3, -0.25) is 4.79 Å². The molecular formula is C7H12NO2. The fourth-order valence-electron chi connectivity index (χ4n) is 1.14. The SMILES string of the molecule is [CH2]CC(O)N1CCCC1=O. The van der Waals surface area contributed by atoms with Crippen molar-refractivity contribution in [1.29, 1.82) is 0 Å². The average molecular weight is 142 g/mol. The highest BCUT2D eigenvalue weighted by molar-refractivity contribution is 5.78. The number of hydrogen-bond acceptors (Lipinski definition) is 2. The van der Waals surface area contributed by atoms with Gasteiger partial charge in [-0.2, -0.15) is 0 Å². The monoisotopic (exact) mass is 142 g/mol. The Labute approximate surface area is 60.6 Å². The topological polar surface area (TPSA) is 40.5 Å². The van der Waals surface area contributed by atoms with Gasteiger partial charge in [0, 0.05) is 13.0 Å². The molecule has 0 bridgehead atoms. The van der Waals surface area contributed by atoms with E-state index in [9.17, 15) is 9.90 Å². The van der Waals surface area contributed by atoms with Crippen LogP contribution >= 0.6 is 0 Å². The number of carbonyl (C=O) groups is 1. The van der Waals surface area contributed by atoms with Gasteiger partial charge in [-0.1, -0.05) is 0 Å². The number of aliphatic hydroxyl groups is 1. The van der Waals surface area contributed by atoms with Crippen molar-refractivity contribution in [3.8, 4) is 0 Å². The zero-order valence-corrected chi connectivity index (χ0v) is 5.92. The molecule has 1 saturated heterocycles. The van der Waals surface area contributed by atoms with Crippen LogP contribution in [0, 0.1) is 6.92 Å². The maximum atomic E-state index is 10.9. The minimum Gasteiger partial charge on any atom is -0.374 e. The lowest BCUT2D eigenvalue weighted by Crippen LogP contribution is -2.35. The Morgan fingerprint density at radius 2 is 2.50 bits per heavy atom. The highest BCUT2D eigenvalue weighted by Gasteiger charge is 2.24. The molecule has 0 aromatic rings. The van der Waals surface area contributed by atoms with Crippen molar-refractivity contribution in [2.45, 2.75) is 25.5 Å². The lowest BCUT2D eigenvalue weighted by Gasteiger charge is -2.20. The smallest absolute Gasteiger partial charge is 0.224 e. The third-order valence-electron chi connectivity index (χ3n) is 1.73. The van der Waals surface area contributed by atoms with E-state index in [2.05, 4.69) is 6.92 Å². The Morgan fingerprint density at radius 1 is 1.80 bits per heavy atom. The molecule has 1 radical (unpaired) electrons. The summed E-state index contributed by atoms with van der Waals surface area (Å²) in [4.78, 5) is 12.4. The minimum absolute atomic E-state index is 0.0520. The third-order valence-corrected chi connectivity index (χ3v) is 1.73. The van der Waals surface area contributed by atoms with Crippen LogP contribution in [-0.4, -0.2) is 28.7 Å². The van der Waals surface area contributed by atoms with Crippen molar-refractivity contribution in [1.82, 2.24) is 4.90 Å². The highest BCUT2D eigenvalue weighted by Crippen LogP contribution is 2.13. The normalized spacial score (nSPS) is 21.8. The Balaban J connectivity index is 2.46. The number of rotatable bonds is 2. The quantitative estimate of drug-likeness (QED) is 0.596. The minimum atomic E-state index is -0.657. The molecule has 1 N–H and O–H groups in total. The van der Waals surface area contributed by atoms with E-state index in [1.807, 2.05) is 0 Å². The molecule has 1 fully saturated rings. The second-order valence-electron chi connectivity index (χ2n) is 2.46. The summed E-state index contributed by atoms with van der Waals surface area (Å²) in [5.41, 5.74) is 0. The van der Waals surface area contributed by atoms with E-state index in [-0.39, 0.29) is 5.91 Å². The first-order valence-electron chi connectivity index (χ1n) is 3.52. The summed E-state index contributed by atoms with van der Waals surface area (Å²) in [7, 11) is 0. The number of aliphatic hydroxyl groups excluding tert-OH is 1. The lowest BCUT2D eigenvalue weighted by molar-refractivity contribution is -0.136. The first kappa shape index (κ1) is 7.54. The van der Waals surface area contributed by atoms with Crippen LogP contribution in [0.4, 0.5) is 0 Å². The fraction of sp³-hybridized carbons (Fsp3) is 0.714. The molecular weight excluding hydrogens is 130 g/mol. The molecule has 57 valence electrons. The molecule has 0 spiro atoms. The van der Waals surface area contributed by atoms with E-state index >= 15 is 0 Å². The van der Waals surface area contributed by atoms with Gasteiger partial charge in [-0.15, -0.1) is 0 Å². The molecule has 1 amide bonds.